The first-order chi connectivity index (χ1) is 7.21. The van der Waals surface area contributed by atoms with Crippen LogP contribution >= 0.6 is 0 Å². The lowest BCUT2D eigenvalue weighted by atomic mass is 9.81. The highest BCUT2D eigenvalue weighted by molar-refractivity contribution is 5.77. The van der Waals surface area contributed by atoms with Crippen molar-refractivity contribution in [2.45, 2.75) is 44.3 Å². The van der Waals surface area contributed by atoms with Crippen LogP contribution in [-0.4, -0.2) is 40.4 Å². The van der Waals surface area contributed by atoms with E-state index >= 15 is 0 Å². The molecule has 1 heterocycles. The molecule has 0 bridgehead atoms. The maximum absolute atomic E-state index is 13.3. The summed E-state index contributed by atoms with van der Waals surface area (Å²) in [5, 5.41) is 18.2. The van der Waals surface area contributed by atoms with E-state index in [-0.39, 0.29) is 25.4 Å². The Kier molecular flexibility index (Phi) is 3.54. The number of alkyl halides is 2. The third kappa shape index (κ3) is 2.17. The molecule has 1 aliphatic rings. The summed E-state index contributed by atoms with van der Waals surface area (Å²) in [5.41, 5.74) is -2.51. The molecule has 0 aromatic heterocycles. The fraction of sp³-hybridized carbons (Fsp3) is 0.900. The highest BCUT2D eigenvalue weighted by Gasteiger charge is 2.60. The third-order valence-corrected chi connectivity index (χ3v) is 2.98. The van der Waals surface area contributed by atoms with E-state index in [1.54, 1.807) is 13.8 Å². The van der Waals surface area contributed by atoms with Gasteiger partial charge in [0.1, 0.15) is 5.60 Å². The minimum Gasteiger partial charge on any atom is -0.477 e. The van der Waals surface area contributed by atoms with Crippen LogP contribution < -0.4 is 0 Å². The van der Waals surface area contributed by atoms with Crippen LogP contribution in [0.1, 0.15) is 26.7 Å². The van der Waals surface area contributed by atoms with Gasteiger partial charge in [0.15, 0.2) is 0 Å². The van der Waals surface area contributed by atoms with E-state index in [1.807, 2.05) is 0 Å². The molecule has 1 saturated heterocycles. The molecule has 0 amide bonds. The van der Waals surface area contributed by atoms with Gasteiger partial charge in [0.2, 0.25) is 0 Å². The molecule has 0 aromatic rings. The van der Waals surface area contributed by atoms with E-state index in [1.165, 1.54) is 0 Å². The minimum absolute atomic E-state index is 0.0450. The van der Waals surface area contributed by atoms with Crippen LogP contribution in [0.15, 0.2) is 0 Å². The van der Waals surface area contributed by atoms with E-state index in [2.05, 4.69) is 0 Å². The quantitative estimate of drug-likeness (QED) is 0.777. The number of carboxylic acid groups (broad SMARTS) is 1. The molecule has 1 fully saturated rings. The Morgan fingerprint density at radius 3 is 2.56 bits per heavy atom. The Morgan fingerprint density at radius 2 is 2.12 bits per heavy atom. The summed E-state index contributed by atoms with van der Waals surface area (Å²) in [4.78, 5) is 10.5. The molecule has 16 heavy (non-hydrogen) atoms. The van der Waals surface area contributed by atoms with Gasteiger partial charge in [0.25, 0.3) is 0 Å². The zero-order chi connectivity index (χ0) is 12.6. The van der Waals surface area contributed by atoms with Gasteiger partial charge in [-0.2, -0.15) is 8.78 Å². The predicted octanol–water partition coefficient (Wildman–Crippen LogP) is 1.27. The van der Waals surface area contributed by atoms with Crippen molar-refractivity contribution in [1.29, 1.82) is 0 Å². The van der Waals surface area contributed by atoms with Gasteiger partial charge in [-0.3, -0.25) is 0 Å². The monoisotopic (exact) mass is 238 g/mol. The van der Waals surface area contributed by atoms with Crippen molar-refractivity contribution in [3.63, 3.8) is 0 Å². The number of hydrogen-bond acceptors (Lipinski definition) is 3. The van der Waals surface area contributed by atoms with Crippen molar-refractivity contribution in [2.75, 3.05) is 6.61 Å². The average Bonchev–Trinajstić information content (AvgIpc) is 2.17. The molecule has 0 aromatic carbocycles. The number of carboxylic acids is 1. The van der Waals surface area contributed by atoms with Crippen molar-refractivity contribution in [1.82, 2.24) is 0 Å². The Hall–Kier alpha value is -0.750. The molecule has 1 aliphatic heterocycles. The summed E-state index contributed by atoms with van der Waals surface area (Å²) in [5.74, 6) is -6.47. The highest BCUT2D eigenvalue weighted by Crippen LogP contribution is 2.40. The summed E-state index contributed by atoms with van der Waals surface area (Å²) in [6.07, 6.45) is -1.26. The summed E-state index contributed by atoms with van der Waals surface area (Å²) < 4.78 is 31.9. The Labute approximate surface area is 92.2 Å². The topological polar surface area (TPSA) is 66.8 Å². The van der Waals surface area contributed by atoms with Crippen LogP contribution in [0.4, 0.5) is 8.78 Å². The average molecular weight is 238 g/mol. The smallest absolute Gasteiger partial charge is 0.377 e. The molecule has 4 nitrogen and oxygen atoms in total. The minimum atomic E-state index is -4.14. The fourth-order valence-electron chi connectivity index (χ4n) is 1.79. The molecule has 0 saturated carbocycles. The molecular formula is C10H16F2O4. The predicted molar refractivity (Wildman–Crippen MR) is 51.3 cm³/mol. The molecule has 2 unspecified atom stereocenters. The first kappa shape index (κ1) is 13.3. The number of aliphatic hydroxyl groups is 1. The van der Waals surface area contributed by atoms with Crippen LogP contribution in [0.3, 0.4) is 0 Å². The normalized spacial score (nSPS) is 31.8. The van der Waals surface area contributed by atoms with Gasteiger partial charge in [-0.05, 0) is 5.92 Å². The van der Waals surface area contributed by atoms with Gasteiger partial charge in [0, 0.05) is 19.4 Å². The second kappa shape index (κ2) is 4.25. The van der Waals surface area contributed by atoms with E-state index in [4.69, 9.17) is 9.84 Å². The van der Waals surface area contributed by atoms with Crippen molar-refractivity contribution < 1.29 is 28.5 Å². The molecular weight excluding hydrogens is 222 g/mol. The molecule has 0 aliphatic carbocycles. The fourth-order valence-corrected chi connectivity index (χ4v) is 1.79. The first-order valence-electron chi connectivity index (χ1n) is 5.16. The van der Waals surface area contributed by atoms with Gasteiger partial charge in [0.05, 0.1) is 6.10 Å². The van der Waals surface area contributed by atoms with Gasteiger partial charge in [-0.1, -0.05) is 13.8 Å². The SMILES string of the molecule is CC(C)C1CC(O)(C(F)(F)C(=O)O)CCO1. The Morgan fingerprint density at radius 1 is 1.56 bits per heavy atom. The molecule has 94 valence electrons. The van der Waals surface area contributed by atoms with Crippen molar-refractivity contribution in [2.24, 2.45) is 5.92 Å². The first-order valence-corrected chi connectivity index (χ1v) is 5.16. The number of ether oxygens (including phenoxy) is 1. The molecule has 1 rings (SSSR count). The largest absolute Gasteiger partial charge is 0.477 e. The Balaban J connectivity index is 2.88. The summed E-state index contributed by atoms with van der Waals surface area (Å²) in [6.45, 7) is 3.49. The lowest BCUT2D eigenvalue weighted by Gasteiger charge is -2.41. The van der Waals surface area contributed by atoms with Crippen LogP contribution in [0.5, 0.6) is 0 Å². The number of hydrogen-bond donors (Lipinski definition) is 2. The van der Waals surface area contributed by atoms with Gasteiger partial charge >= 0.3 is 11.9 Å². The maximum atomic E-state index is 13.3. The summed E-state index contributed by atoms with van der Waals surface area (Å²) >= 11 is 0. The van der Waals surface area contributed by atoms with Gasteiger partial charge < -0.3 is 14.9 Å². The van der Waals surface area contributed by atoms with Crippen LogP contribution in [0, 0.1) is 5.92 Å². The van der Waals surface area contributed by atoms with E-state index in [0.717, 1.165) is 0 Å². The van der Waals surface area contributed by atoms with Crippen molar-refractivity contribution in [3.05, 3.63) is 0 Å². The zero-order valence-electron chi connectivity index (χ0n) is 9.24. The lowest BCUT2D eigenvalue weighted by molar-refractivity contribution is -0.237. The second-order valence-electron chi connectivity index (χ2n) is 4.52. The van der Waals surface area contributed by atoms with Crippen LogP contribution in [0.2, 0.25) is 0 Å². The number of rotatable bonds is 3. The summed E-state index contributed by atoms with van der Waals surface area (Å²) in [6, 6.07) is 0. The highest BCUT2D eigenvalue weighted by atomic mass is 19.3. The number of halogens is 2. The molecule has 6 heteroatoms. The van der Waals surface area contributed by atoms with Gasteiger partial charge in [-0.15, -0.1) is 0 Å². The van der Waals surface area contributed by atoms with E-state index < -0.39 is 23.6 Å². The number of aliphatic carboxylic acids is 1. The van der Waals surface area contributed by atoms with Crippen molar-refractivity contribution >= 4 is 5.97 Å². The van der Waals surface area contributed by atoms with E-state index in [0.29, 0.717) is 0 Å². The van der Waals surface area contributed by atoms with Gasteiger partial charge in [-0.25, -0.2) is 4.79 Å². The Bertz CT molecular complexity index is 280. The molecule has 0 radical (unpaired) electrons. The standard InChI is InChI=1S/C10H16F2O4/c1-6(2)7-5-9(15,3-4-16-7)10(11,12)8(13)14/h6-7,15H,3-5H2,1-2H3,(H,13,14). The molecule has 2 atom stereocenters. The van der Waals surface area contributed by atoms with E-state index in [9.17, 15) is 18.7 Å². The third-order valence-electron chi connectivity index (χ3n) is 2.98. The lowest BCUT2D eigenvalue weighted by Crippen LogP contribution is -2.58. The summed E-state index contributed by atoms with van der Waals surface area (Å²) in [7, 11) is 0. The zero-order valence-corrected chi connectivity index (χ0v) is 9.24. The van der Waals surface area contributed by atoms with Crippen LogP contribution in [-0.2, 0) is 9.53 Å². The van der Waals surface area contributed by atoms with Crippen LogP contribution in [0.25, 0.3) is 0 Å². The van der Waals surface area contributed by atoms with Crippen molar-refractivity contribution in [3.8, 4) is 0 Å². The molecule has 2 N–H and O–H groups in total. The molecule has 0 spiro atoms. The maximum Gasteiger partial charge on any atom is 0.377 e. The number of carbonyl (C=O) groups is 1. The second-order valence-corrected chi connectivity index (χ2v) is 4.52.